The Morgan fingerprint density at radius 2 is 1.87 bits per heavy atom. The Kier molecular flexibility index (Phi) is 3.50. The zero-order chi connectivity index (χ0) is 15.8. The van der Waals surface area contributed by atoms with Gasteiger partial charge in [0.25, 0.3) is 5.56 Å². The molecule has 3 heterocycles. The van der Waals surface area contributed by atoms with Crippen LogP contribution < -0.4 is 10.5 Å². The first-order chi connectivity index (χ1) is 11.2. The van der Waals surface area contributed by atoms with Crippen molar-refractivity contribution in [3.05, 3.63) is 58.1 Å². The molecular weight excluding hydrogens is 312 g/mol. The molecule has 0 atom stereocenters. The van der Waals surface area contributed by atoms with E-state index in [2.05, 4.69) is 14.9 Å². The van der Waals surface area contributed by atoms with Crippen LogP contribution in [-0.4, -0.2) is 27.6 Å². The Morgan fingerprint density at radius 1 is 1.09 bits per heavy atom. The molecule has 116 valence electrons. The fraction of sp³-hybridized carbons (Fsp3) is 0.235. The maximum absolute atomic E-state index is 12.7. The monoisotopic (exact) mass is 326 g/mol. The van der Waals surface area contributed by atoms with Crippen LogP contribution >= 0.6 is 11.6 Å². The van der Waals surface area contributed by atoms with Crippen molar-refractivity contribution in [1.82, 2.24) is 14.5 Å². The second kappa shape index (κ2) is 5.66. The van der Waals surface area contributed by atoms with E-state index < -0.39 is 0 Å². The zero-order valence-corrected chi connectivity index (χ0v) is 13.2. The van der Waals surface area contributed by atoms with Gasteiger partial charge in [-0.05, 0) is 31.0 Å². The summed E-state index contributed by atoms with van der Waals surface area (Å²) in [6, 6.07) is 9.10. The van der Waals surface area contributed by atoms with Crippen LogP contribution in [0.3, 0.4) is 0 Å². The van der Waals surface area contributed by atoms with E-state index in [1.54, 1.807) is 18.5 Å². The van der Waals surface area contributed by atoms with Gasteiger partial charge >= 0.3 is 0 Å². The summed E-state index contributed by atoms with van der Waals surface area (Å²) in [6.07, 6.45) is 5.66. The lowest BCUT2D eigenvalue weighted by molar-refractivity contribution is 0.904. The van der Waals surface area contributed by atoms with Gasteiger partial charge in [0.2, 0.25) is 5.95 Å². The third kappa shape index (κ3) is 2.47. The van der Waals surface area contributed by atoms with E-state index in [1.165, 1.54) is 4.57 Å². The number of pyridine rings is 1. The molecule has 5 nitrogen and oxygen atoms in total. The van der Waals surface area contributed by atoms with Gasteiger partial charge in [-0.3, -0.25) is 9.36 Å². The predicted molar refractivity (Wildman–Crippen MR) is 91.6 cm³/mol. The number of fused-ring (bicyclic) bond motifs is 1. The van der Waals surface area contributed by atoms with Crippen molar-refractivity contribution in [2.24, 2.45) is 0 Å². The molecule has 0 amide bonds. The summed E-state index contributed by atoms with van der Waals surface area (Å²) in [7, 11) is 0. The van der Waals surface area contributed by atoms with Gasteiger partial charge in [0.05, 0.1) is 21.6 Å². The molecule has 1 aromatic carbocycles. The highest BCUT2D eigenvalue weighted by Crippen LogP contribution is 2.20. The SMILES string of the molecule is O=c1c2cnc(N3CCCC3)nc2ccn1-c1ccccc1Cl. The molecule has 4 rings (SSSR count). The molecular formula is C17H15ClN4O. The highest BCUT2D eigenvalue weighted by atomic mass is 35.5. The Morgan fingerprint density at radius 3 is 2.65 bits per heavy atom. The minimum atomic E-state index is -0.163. The van der Waals surface area contributed by atoms with Crippen LogP contribution in [-0.2, 0) is 0 Å². The summed E-state index contributed by atoms with van der Waals surface area (Å²) in [4.78, 5) is 23.8. The van der Waals surface area contributed by atoms with Gasteiger partial charge < -0.3 is 4.90 Å². The average molecular weight is 327 g/mol. The molecule has 3 aromatic rings. The minimum absolute atomic E-state index is 0.163. The normalized spacial score (nSPS) is 14.6. The summed E-state index contributed by atoms with van der Waals surface area (Å²) in [5, 5.41) is 1.03. The van der Waals surface area contributed by atoms with Crippen molar-refractivity contribution in [2.45, 2.75) is 12.8 Å². The second-order valence-electron chi connectivity index (χ2n) is 5.61. The summed E-state index contributed by atoms with van der Waals surface area (Å²) < 4.78 is 1.53. The summed E-state index contributed by atoms with van der Waals surface area (Å²) >= 11 is 6.20. The maximum atomic E-state index is 12.7. The van der Waals surface area contributed by atoms with E-state index in [1.807, 2.05) is 24.3 Å². The van der Waals surface area contributed by atoms with Gasteiger partial charge in [-0.1, -0.05) is 23.7 Å². The molecule has 1 fully saturated rings. The molecule has 6 heteroatoms. The smallest absolute Gasteiger partial charge is 0.266 e. The van der Waals surface area contributed by atoms with Gasteiger partial charge in [-0.15, -0.1) is 0 Å². The molecule has 1 aliphatic rings. The van der Waals surface area contributed by atoms with Crippen LogP contribution in [0.4, 0.5) is 5.95 Å². The lowest BCUT2D eigenvalue weighted by atomic mass is 10.2. The number of rotatable bonds is 2. The average Bonchev–Trinajstić information content (AvgIpc) is 3.10. The molecule has 1 saturated heterocycles. The Balaban J connectivity index is 1.84. The summed E-state index contributed by atoms with van der Waals surface area (Å²) in [5.74, 6) is 0.699. The second-order valence-corrected chi connectivity index (χ2v) is 6.01. The minimum Gasteiger partial charge on any atom is -0.341 e. The first-order valence-electron chi connectivity index (χ1n) is 7.62. The fourth-order valence-corrected chi connectivity index (χ4v) is 3.15. The lowest BCUT2D eigenvalue weighted by Crippen LogP contribution is -2.22. The first kappa shape index (κ1) is 14.2. The van der Waals surface area contributed by atoms with E-state index in [4.69, 9.17) is 11.6 Å². The molecule has 0 spiro atoms. The predicted octanol–water partition coefficient (Wildman–Crippen LogP) is 3.03. The third-order valence-corrected chi connectivity index (χ3v) is 4.46. The topological polar surface area (TPSA) is 51.0 Å². The zero-order valence-electron chi connectivity index (χ0n) is 12.4. The molecule has 2 aromatic heterocycles. The molecule has 0 unspecified atom stereocenters. The van der Waals surface area contributed by atoms with E-state index in [0.29, 0.717) is 27.6 Å². The molecule has 0 aliphatic carbocycles. The van der Waals surface area contributed by atoms with E-state index in [0.717, 1.165) is 25.9 Å². The Bertz CT molecular complexity index is 931. The van der Waals surface area contributed by atoms with E-state index in [9.17, 15) is 4.79 Å². The number of nitrogens with zero attached hydrogens (tertiary/aromatic N) is 4. The largest absolute Gasteiger partial charge is 0.341 e. The lowest BCUT2D eigenvalue weighted by Gasteiger charge is -2.15. The van der Waals surface area contributed by atoms with E-state index >= 15 is 0 Å². The van der Waals surface area contributed by atoms with Crippen LogP contribution in [0.1, 0.15) is 12.8 Å². The van der Waals surface area contributed by atoms with Crippen LogP contribution in [0.15, 0.2) is 47.5 Å². The number of aromatic nitrogens is 3. The highest BCUT2D eigenvalue weighted by Gasteiger charge is 2.16. The Hall–Kier alpha value is -2.40. The Labute approximate surface area is 138 Å². The van der Waals surface area contributed by atoms with Gasteiger partial charge in [0.15, 0.2) is 0 Å². The number of benzene rings is 1. The van der Waals surface area contributed by atoms with Crippen molar-refractivity contribution in [3.8, 4) is 5.69 Å². The van der Waals surface area contributed by atoms with Gasteiger partial charge in [-0.25, -0.2) is 9.97 Å². The number of para-hydroxylation sites is 1. The first-order valence-corrected chi connectivity index (χ1v) is 8.00. The van der Waals surface area contributed by atoms with Crippen molar-refractivity contribution < 1.29 is 0 Å². The van der Waals surface area contributed by atoms with Gasteiger partial charge in [-0.2, -0.15) is 0 Å². The van der Waals surface area contributed by atoms with Crippen molar-refractivity contribution >= 4 is 28.5 Å². The number of halogens is 1. The number of anilines is 1. The van der Waals surface area contributed by atoms with Crippen molar-refractivity contribution in [2.75, 3.05) is 18.0 Å². The van der Waals surface area contributed by atoms with Crippen LogP contribution in [0, 0.1) is 0 Å². The van der Waals surface area contributed by atoms with Crippen molar-refractivity contribution in [1.29, 1.82) is 0 Å². The quantitative estimate of drug-likeness (QED) is 0.726. The molecule has 0 N–H and O–H groups in total. The number of hydrogen-bond donors (Lipinski definition) is 0. The van der Waals surface area contributed by atoms with Crippen LogP contribution in [0.25, 0.3) is 16.6 Å². The van der Waals surface area contributed by atoms with Crippen LogP contribution in [0.5, 0.6) is 0 Å². The standard InChI is InChI=1S/C17H15ClN4O/c18-13-5-1-2-6-15(13)22-10-7-14-12(16(22)23)11-19-17(20-14)21-8-3-4-9-21/h1-2,5-7,10-11H,3-4,8-9H2. The molecule has 0 radical (unpaired) electrons. The van der Waals surface area contributed by atoms with Gasteiger partial charge in [0.1, 0.15) is 0 Å². The number of hydrogen-bond acceptors (Lipinski definition) is 4. The molecule has 0 bridgehead atoms. The molecule has 0 saturated carbocycles. The van der Waals surface area contributed by atoms with Crippen molar-refractivity contribution in [3.63, 3.8) is 0 Å². The third-order valence-electron chi connectivity index (χ3n) is 4.14. The van der Waals surface area contributed by atoms with E-state index in [-0.39, 0.29) is 5.56 Å². The summed E-state index contributed by atoms with van der Waals surface area (Å²) in [5.41, 5.74) is 1.16. The van der Waals surface area contributed by atoms with Crippen LogP contribution in [0.2, 0.25) is 5.02 Å². The fourth-order valence-electron chi connectivity index (χ4n) is 2.93. The van der Waals surface area contributed by atoms with Gasteiger partial charge in [0, 0.05) is 25.5 Å². The maximum Gasteiger partial charge on any atom is 0.266 e. The molecule has 23 heavy (non-hydrogen) atoms. The molecule has 1 aliphatic heterocycles. The summed E-state index contributed by atoms with van der Waals surface area (Å²) in [6.45, 7) is 1.95. The highest BCUT2D eigenvalue weighted by molar-refractivity contribution is 6.32.